The van der Waals surface area contributed by atoms with Crippen LogP contribution in [-0.2, 0) is 15.8 Å². The van der Waals surface area contributed by atoms with Crippen LogP contribution in [0.5, 0.6) is 0 Å². The highest BCUT2D eigenvalue weighted by Crippen LogP contribution is 2.18. The molecule has 0 bridgehead atoms. The molecule has 0 aromatic heterocycles. The predicted octanol–water partition coefficient (Wildman–Crippen LogP) is 1.87. The van der Waals surface area contributed by atoms with Crippen LogP contribution in [0.15, 0.2) is 24.3 Å². The zero-order chi connectivity index (χ0) is 15.9. The van der Waals surface area contributed by atoms with E-state index >= 15 is 0 Å². The molecule has 1 N–H and O–H groups in total. The SMILES string of the molecule is CCC(CC)N(CCO)S(=O)(=O)Cc1ccc(C#N)cc1. The molecule has 0 atom stereocenters. The second-order valence-electron chi connectivity index (χ2n) is 4.87. The molecule has 1 aromatic carbocycles. The van der Waals surface area contributed by atoms with Crippen LogP contribution in [0.3, 0.4) is 0 Å². The molecule has 0 radical (unpaired) electrons. The zero-order valence-electron chi connectivity index (χ0n) is 12.5. The van der Waals surface area contributed by atoms with Gasteiger partial charge in [-0.15, -0.1) is 0 Å². The van der Waals surface area contributed by atoms with E-state index in [-0.39, 0.29) is 24.9 Å². The summed E-state index contributed by atoms with van der Waals surface area (Å²) < 4.78 is 26.5. The molecule has 0 aliphatic carbocycles. The van der Waals surface area contributed by atoms with E-state index in [0.29, 0.717) is 24.0 Å². The third-order valence-corrected chi connectivity index (χ3v) is 5.35. The number of hydrogen-bond donors (Lipinski definition) is 1. The summed E-state index contributed by atoms with van der Waals surface area (Å²) >= 11 is 0. The van der Waals surface area contributed by atoms with Crippen molar-refractivity contribution in [3.63, 3.8) is 0 Å². The van der Waals surface area contributed by atoms with Gasteiger partial charge in [-0.05, 0) is 30.5 Å². The number of nitriles is 1. The number of hydrogen-bond acceptors (Lipinski definition) is 4. The van der Waals surface area contributed by atoms with Gasteiger partial charge in [0, 0.05) is 12.6 Å². The zero-order valence-corrected chi connectivity index (χ0v) is 13.3. The summed E-state index contributed by atoms with van der Waals surface area (Å²) in [6.07, 6.45) is 1.42. The van der Waals surface area contributed by atoms with Crippen LogP contribution in [0.4, 0.5) is 0 Å². The van der Waals surface area contributed by atoms with Crippen molar-refractivity contribution >= 4 is 10.0 Å². The Morgan fingerprint density at radius 1 is 1.24 bits per heavy atom. The van der Waals surface area contributed by atoms with Crippen LogP contribution in [0.2, 0.25) is 0 Å². The molecule has 1 rings (SSSR count). The molecule has 0 saturated carbocycles. The molecule has 0 spiro atoms. The van der Waals surface area contributed by atoms with Crippen molar-refractivity contribution in [2.75, 3.05) is 13.2 Å². The van der Waals surface area contributed by atoms with Crippen LogP contribution in [0, 0.1) is 11.3 Å². The van der Waals surface area contributed by atoms with Crippen molar-refractivity contribution < 1.29 is 13.5 Å². The van der Waals surface area contributed by atoms with Gasteiger partial charge in [0.2, 0.25) is 10.0 Å². The monoisotopic (exact) mass is 310 g/mol. The molecular formula is C15H22N2O3S. The van der Waals surface area contributed by atoms with Crippen molar-refractivity contribution in [2.45, 2.75) is 38.5 Å². The topological polar surface area (TPSA) is 81.4 Å². The summed E-state index contributed by atoms with van der Waals surface area (Å²) in [5, 5.41) is 17.9. The Morgan fingerprint density at radius 3 is 2.24 bits per heavy atom. The quantitative estimate of drug-likeness (QED) is 0.794. The van der Waals surface area contributed by atoms with E-state index in [2.05, 4.69) is 0 Å². The lowest BCUT2D eigenvalue weighted by Crippen LogP contribution is -2.42. The highest BCUT2D eigenvalue weighted by atomic mass is 32.2. The van der Waals surface area contributed by atoms with Crippen LogP contribution in [0.1, 0.15) is 37.8 Å². The molecule has 0 heterocycles. The smallest absolute Gasteiger partial charge is 0.218 e. The van der Waals surface area contributed by atoms with Gasteiger partial charge in [-0.3, -0.25) is 0 Å². The maximum absolute atomic E-state index is 12.6. The highest BCUT2D eigenvalue weighted by molar-refractivity contribution is 7.88. The lowest BCUT2D eigenvalue weighted by molar-refractivity contribution is 0.219. The molecule has 21 heavy (non-hydrogen) atoms. The third kappa shape index (κ3) is 4.81. The number of aliphatic hydroxyl groups is 1. The van der Waals surface area contributed by atoms with E-state index in [1.165, 1.54) is 4.31 Å². The fourth-order valence-corrected chi connectivity index (χ4v) is 4.20. The maximum Gasteiger partial charge on any atom is 0.218 e. The summed E-state index contributed by atoms with van der Waals surface area (Å²) in [4.78, 5) is 0. The van der Waals surface area contributed by atoms with Crippen LogP contribution < -0.4 is 0 Å². The first-order chi connectivity index (χ1) is 9.98. The fourth-order valence-electron chi connectivity index (χ4n) is 2.31. The van der Waals surface area contributed by atoms with Crippen molar-refractivity contribution in [3.05, 3.63) is 35.4 Å². The second kappa shape index (κ2) is 8.13. The highest BCUT2D eigenvalue weighted by Gasteiger charge is 2.27. The Balaban J connectivity index is 2.97. The molecule has 5 nitrogen and oxygen atoms in total. The van der Waals surface area contributed by atoms with Crippen molar-refractivity contribution in [1.29, 1.82) is 5.26 Å². The normalized spacial score (nSPS) is 11.8. The van der Waals surface area contributed by atoms with Gasteiger partial charge < -0.3 is 5.11 Å². The van der Waals surface area contributed by atoms with Gasteiger partial charge in [0.15, 0.2) is 0 Å². The molecule has 0 amide bonds. The van der Waals surface area contributed by atoms with Gasteiger partial charge in [-0.2, -0.15) is 9.57 Å². The number of nitrogens with zero attached hydrogens (tertiary/aromatic N) is 2. The van der Waals surface area contributed by atoms with E-state index in [0.717, 1.165) is 0 Å². The summed E-state index contributed by atoms with van der Waals surface area (Å²) in [7, 11) is -3.49. The average Bonchev–Trinajstić information content (AvgIpc) is 2.48. The molecule has 0 fully saturated rings. The number of benzene rings is 1. The minimum absolute atomic E-state index is 0.0967. The number of sulfonamides is 1. The van der Waals surface area contributed by atoms with Gasteiger partial charge >= 0.3 is 0 Å². The second-order valence-corrected chi connectivity index (χ2v) is 6.79. The van der Waals surface area contributed by atoms with Gasteiger partial charge in [0.25, 0.3) is 0 Å². The Morgan fingerprint density at radius 2 is 1.81 bits per heavy atom. The van der Waals surface area contributed by atoms with Gasteiger partial charge in [-0.25, -0.2) is 8.42 Å². The number of rotatable bonds is 8. The molecule has 0 unspecified atom stereocenters. The van der Waals surface area contributed by atoms with Crippen LogP contribution >= 0.6 is 0 Å². The lowest BCUT2D eigenvalue weighted by atomic mass is 10.2. The van der Waals surface area contributed by atoms with Gasteiger partial charge in [0.1, 0.15) is 0 Å². The summed E-state index contributed by atoms with van der Waals surface area (Å²) in [6, 6.07) is 8.43. The van der Waals surface area contributed by atoms with Crippen LogP contribution in [0.25, 0.3) is 0 Å². The van der Waals surface area contributed by atoms with Crippen molar-refractivity contribution in [2.24, 2.45) is 0 Å². The largest absolute Gasteiger partial charge is 0.395 e. The maximum atomic E-state index is 12.6. The van der Waals surface area contributed by atoms with E-state index in [1.807, 2.05) is 19.9 Å². The van der Waals surface area contributed by atoms with E-state index in [4.69, 9.17) is 10.4 Å². The molecule has 6 heteroatoms. The molecule has 0 aliphatic rings. The number of aliphatic hydroxyl groups excluding tert-OH is 1. The molecule has 0 saturated heterocycles. The van der Waals surface area contributed by atoms with Crippen molar-refractivity contribution in [1.82, 2.24) is 4.31 Å². The lowest BCUT2D eigenvalue weighted by Gasteiger charge is -2.29. The average molecular weight is 310 g/mol. The van der Waals surface area contributed by atoms with Gasteiger partial charge in [0.05, 0.1) is 24.0 Å². The summed E-state index contributed by atoms with van der Waals surface area (Å²) in [5.74, 6) is -0.116. The van der Waals surface area contributed by atoms with Crippen molar-refractivity contribution in [3.8, 4) is 6.07 Å². The third-order valence-electron chi connectivity index (χ3n) is 3.46. The summed E-state index contributed by atoms with van der Waals surface area (Å²) in [6.45, 7) is 3.81. The first-order valence-corrected chi connectivity index (χ1v) is 8.68. The fraction of sp³-hybridized carbons (Fsp3) is 0.533. The Bertz CT molecular complexity index is 572. The molecule has 1 aromatic rings. The van der Waals surface area contributed by atoms with E-state index in [1.54, 1.807) is 24.3 Å². The first kappa shape index (κ1) is 17.6. The predicted molar refractivity (Wildman–Crippen MR) is 81.9 cm³/mol. The standard InChI is InChI=1S/C15H22N2O3S/c1-3-15(4-2)17(9-10-18)21(19,20)12-14-7-5-13(11-16)6-8-14/h5-8,15,18H,3-4,9-10,12H2,1-2H3. The molecular weight excluding hydrogens is 288 g/mol. The molecule has 0 aliphatic heterocycles. The molecule has 116 valence electrons. The minimum atomic E-state index is -3.49. The Labute approximate surface area is 126 Å². The minimum Gasteiger partial charge on any atom is -0.395 e. The van der Waals surface area contributed by atoms with Gasteiger partial charge in [-0.1, -0.05) is 26.0 Å². The Kier molecular flexibility index (Phi) is 6.82. The Hall–Kier alpha value is -1.42. The first-order valence-electron chi connectivity index (χ1n) is 7.07. The van der Waals surface area contributed by atoms with Crippen LogP contribution in [-0.4, -0.2) is 37.0 Å². The van der Waals surface area contributed by atoms with E-state index in [9.17, 15) is 8.42 Å². The summed E-state index contributed by atoms with van der Waals surface area (Å²) in [5.41, 5.74) is 1.14. The van der Waals surface area contributed by atoms with E-state index < -0.39 is 10.0 Å².